The van der Waals surface area contributed by atoms with Crippen LogP contribution in [0.5, 0.6) is 0 Å². The standard InChI is InChI=1S/C8H17F3N2O2/c9-8(10,11)7-13(2-1-12)3-5-15-6-4-14/h14H,1-7,12H2. The molecule has 15 heavy (non-hydrogen) atoms. The summed E-state index contributed by atoms with van der Waals surface area (Å²) < 4.78 is 41.0. The number of halogens is 3. The minimum atomic E-state index is -4.22. The van der Waals surface area contributed by atoms with Gasteiger partial charge in [0.05, 0.1) is 26.4 Å². The first kappa shape index (κ1) is 14.6. The van der Waals surface area contributed by atoms with Crippen LogP contribution in [0.25, 0.3) is 0 Å². The maximum absolute atomic E-state index is 12.0. The molecule has 0 saturated carbocycles. The largest absolute Gasteiger partial charge is 0.401 e. The van der Waals surface area contributed by atoms with Gasteiger partial charge in [-0.2, -0.15) is 13.2 Å². The molecular weight excluding hydrogens is 213 g/mol. The molecule has 0 spiro atoms. The molecule has 4 nitrogen and oxygen atoms in total. The van der Waals surface area contributed by atoms with Gasteiger partial charge >= 0.3 is 6.18 Å². The lowest BCUT2D eigenvalue weighted by atomic mass is 10.4. The molecule has 0 bridgehead atoms. The Kier molecular flexibility index (Phi) is 7.67. The Hall–Kier alpha value is -0.370. The van der Waals surface area contributed by atoms with Crippen molar-refractivity contribution in [2.24, 2.45) is 5.73 Å². The van der Waals surface area contributed by atoms with Crippen molar-refractivity contribution in [1.82, 2.24) is 4.90 Å². The van der Waals surface area contributed by atoms with Gasteiger partial charge in [0.25, 0.3) is 0 Å². The predicted molar refractivity (Wildman–Crippen MR) is 49.5 cm³/mol. The number of aliphatic hydroxyl groups is 1. The Bertz CT molecular complexity index is 155. The van der Waals surface area contributed by atoms with Crippen molar-refractivity contribution in [1.29, 1.82) is 0 Å². The average Bonchev–Trinajstić information content (AvgIpc) is 2.10. The van der Waals surface area contributed by atoms with Gasteiger partial charge in [-0.3, -0.25) is 4.90 Å². The highest BCUT2D eigenvalue weighted by Gasteiger charge is 2.30. The molecule has 92 valence electrons. The van der Waals surface area contributed by atoms with Crippen LogP contribution in [-0.4, -0.2) is 62.2 Å². The zero-order valence-electron chi connectivity index (χ0n) is 8.46. The maximum Gasteiger partial charge on any atom is 0.401 e. The summed E-state index contributed by atoms with van der Waals surface area (Å²) in [4.78, 5) is 1.18. The number of rotatable bonds is 8. The van der Waals surface area contributed by atoms with Crippen LogP contribution in [0.4, 0.5) is 13.2 Å². The van der Waals surface area contributed by atoms with Gasteiger partial charge in [0, 0.05) is 19.6 Å². The van der Waals surface area contributed by atoms with Crippen LogP contribution in [0.2, 0.25) is 0 Å². The lowest BCUT2D eigenvalue weighted by molar-refractivity contribution is -0.147. The van der Waals surface area contributed by atoms with E-state index in [0.29, 0.717) is 0 Å². The van der Waals surface area contributed by atoms with Crippen LogP contribution in [-0.2, 0) is 4.74 Å². The second-order valence-electron chi connectivity index (χ2n) is 3.02. The number of hydrogen-bond acceptors (Lipinski definition) is 4. The van der Waals surface area contributed by atoms with Gasteiger partial charge in [0.1, 0.15) is 0 Å². The summed E-state index contributed by atoms with van der Waals surface area (Å²) in [5.74, 6) is 0. The summed E-state index contributed by atoms with van der Waals surface area (Å²) in [7, 11) is 0. The molecule has 0 rings (SSSR count). The van der Waals surface area contributed by atoms with Gasteiger partial charge in [0.15, 0.2) is 0 Å². The SMILES string of the molecule is NCCN(CCOCCO)CC(F)(F)F. The maximum atomic E-state index is 12.0. The van der Waals surface area contributed by atoms with Gasteiger partial charge in [-0.05, 0) is 0 Å². The number of nitrogens with two attached hydrogens (primary N) is 1. The van der Waals surface area contributed by atoms with Gasteiger partial charge in [-0.15, -0.1) is 0 Å². The summed E-state index contributed by atoms with van der Waals surface area (Å²) in [5, 5.41) is 8.38. The summed E-state index contributed by atoms with van der Waals surface area (Å²) in [6.45, 7) is -0.281. The molecular formula is C8H17F3N2O2. The lowest BCUT2D eigenvalue weighted by Crippen LogP contribution is -2.39. The van der Waals surface area contributed by atoms with Crippen molar-refractivity contribution in [3.63, 3.8) is 0 Å². The highest BCUT2D eigenvalue weighted by Crippen LogP contribution is 2.15. The van der Waals surface area contributed by atoms with Crippen LogP contribution in [0.15, 0.2) is 0 Å². The second-order valence-corrected chi connectivity index (χ2v) is 3.02. The van der Waals surface area contributed by atoms with Crippen molar-refractivity contribution in [3.05, 3.63) is 0 Å². The lowest BCUT2D eigenvalue weighted by Gasteiger charge is -2.22. The van der Waals surface area contributed by atoms with E-state index in [9.17, 15) is 13.2 Å². The number of alkyl halides is 3. The molecule has 0 fully saturated rings. The minimum absolute atomic E-state index is 0.129. The van der Waals surface area contributed by atoms with Crippen molar-refractivity contribution in [3.8, 4) is 0 Å². The molecule has 0 radical (unpaired) electrons. The zero-order chi connectivity index (χ0) is 11.7. The molecule has 0 heterocycles. The third-order valence-electron chi connectivity index (χ3n) is 1.64. The molecule has 0 saturated heterocycles. The molecule has 0 atom stereocenters. The second kappa shape index (κ2) is 7.86. The number of hydrogen-bond donors (Lipinski definition) is 2. The average molecular weight is 230 g/mol. The number of aliphatic hydroxyl groups excluding tert-OH is 1. The van der Waals surface area contributed by atoms with Crippen molar-refractivity contribution >= 4 is 0 Å². The van der Waals surface area contributed by atoms with Crippen LogP contribution < -0.4 is 5.73 Å². The highest BCUT2D eigenvalue weighted by atomic mass is 19.4. The molecule has 0 aliphatic rings. The first-order valence-electron chi connectivity index (χ1n) is 4.67. The third-order valence-corrected chi connectivity index (χ3v) is 1.64. The van der Waals surface area contributed by atoms with Gasteiger partial charge in [-0.1, -0.05) is 0 Å². The Morgan fingerprint density at radius 3 is 2.33 bits per heavy atom. The molecule has 0 aliphatic heterocycles. The summed E-state index contributed by atoms with van der Waals surface area (Å²) in [6.07, 6.45) is -4.22. The number of ether oxygens (including phenoxy) is 1. The van der Waals surface area contributed by atoms with E-state index < -0.39 is 12.7 Å². The van der Waals surface area contributed by atoms with E-state index in [0.717, 1.165) is 0 Å². The summed E-state index contributed by atoms with van der Waals surface area (Å²) in [6, 6.07) is 0. The molecule has 0 amide bonds. The molecule has 7 heteroatoms. The van der Waals surface area contributed by atoms with Crippen molar-refractivity contribution in [2.45, 2.75) is 6.18 Å². The molecule has 0 aromatic rings. The first-order valence-corrected chi connectivity index (χ1v) is 4.67. The number of nitrogens with zero attached hydrogens (tertiary/aromatic N) is 1. The third kappa shape index (κ3) is 9.92. The van der Waals surface area contributed by atoms with Crippen LogP contribution >= 0.6 is 0 Å². The zero-order valence-corrected chi connectivity index (χ0v) is 8.46. The minimum Gasteiger partial charge on any atom is -0.394 e. The Morgan fingerprint density at radius 2 is 1.87 bits per heavy atom. The molecule has 0 aromatic heterocycles. The quantitative estimate of drug-likeness (QED) is 0.568. The highest BCUT2D eigenvalue weighted by molar-refractivity contribution is 4.63. The smallest absolute Gasteiger partial charge is 0.394 e. The van der Waals surface area contributed by atoms with Gasteiger partial charge in [0.2, 0.25) is 0 Å². The fourth-order valence-corrected chi connectivity index (χ4v) is 1.07. The summed E-state index contributed by atoms with van der Waals surface area (Å²) in [5.41, 5.74) is 5.19. The van der Waals surface area contributed by atoms with E-state index in [4.69, 9.17) is 15.6 Å². The van der Waals surface area contributed by atoms with E-state index in [1.54, 1.807) is 0 Å². The first-order chi connectivity index (χ1) is 6.99. The molecule has 3 N–H and O–H groups in total. The fraction of sp³-hybridized carbons (Fsp3) is 1.00. The van der Waals surface area contributed by atoms with Gasteiger partial charge < -0.3 is 15.6 Å². The van der Waals surface area contributed by atoms with Crippen LogP contribution in [0, 0.1) is 0 Å². The molecule has 0 aliphatic carbocycles. The molecule has 0 unspecified atom stereocenters. The van der Waals surface area contributed by atoms with E-state index >= 15 is 0 Å². The molecule has 0 aromatic carbocycles. The Morgan fingerprint density at radius 1 is 1.20 bits per heavy atom. The monoisotopic (exact) mass is 230 g/mol. The van der Waals surface area contributed by atoms with E-state index in [1.807, 2.05) is 0 Å². The fourth-order valence-electron chi connectivity index (χ4n) is 1.07. The van der Waals surface area contributed by atoms with E-state index in [2.05, 4.69) is 0 Å². The summed E-state index contributed by atoms with van der Waals surface area (Å²) >= 11 is 0. The van der Waals surface area contributed by atoms with Crippen LogP contribution in [0.3, 0.4) is 0 Å². The van der Waals surface area contributed by atoms with Crippen molar-refractivity contribution in [2.75, 3.05) is 46.0 Å². The van der Waals surface area contributed by atoms with Crippen LogP contribution in [0.1, 0.15) is 0 Å². The van der Waals surface area contributed by atoms with Gasteiger partial charge in [-0.25, -0.2) is 0 Å². The predicted octanol–water partition coefficient (Wildman–Crippen LogP) is -0.182. The topological polar surface area (TPSA) is 58.7 Å². The van der Waals surface area contributed by atoms with Crippen molar-refractivity contribution < 1.29 is 23.0 Å². The normalized spacial score (nSPS) is 12.4. The Balaban J connectivity index is 3.73. The van der Waals surface area contributed by atoms with E-state index in [-0.39, 0.29) is 39.5 Å². The van der Waals surface area contributed by atoms with E-state index in [1.165, 1.54) is 4.90 Å². The Labute approximate surface area is 86.8 Å².